The van der Waals surface area contributed by atoms with Gasteiger partial charge in [0.15, 0.2) is 0 Å². The Morgan fingerprint density at radius 2 is 2.13 bits per heavy atom. The second-order valence-electron chi connectivity index (χ2n) is 5.33. The molecule has 118 valence electrons. The molecule has 1 amide bonds. The molecule has 3 rings (SSSR count). The van der Waals surface area contributed by atoms with E-state index in [9.17, 15) is 9.59 Å². The van der Waals surface area contributed by atoms with Crippen LogP contribution in [-0.2, 0) is 17.8 Å². The topological polar surface area (TPSA) is 74.8 Å². The molecule has 0 aliphatic rings. The number of benzene rings is 1. The first-order chi connectivity index (χ1) is 11.1. The van der Waals surface area contributed by atoms with Crippen molar-refractivity contribution in [2.75, 3.05) is 0 Å². The number of H-pyrrole nitrogens is 1. The fourth-order valence-electron chi connectivity index (χ4n) is 2.34. The molecule has 5 nitrogen and oxygen atoms in total. The van der Waals surface area contributed by atoms with Gasteiger partial charge in [0.2, 0.25) is 5.91 Å². The molecule has 0 aliphatic heterocycles. The van der Waals surface area contributed by atoms with Gasteiger partial charge in [-0.05, 0) is 36.1 Å². The van der Waals surface area contributed by atoms with Crippen LogP contribution < -0.4 is 10.9 Å². The highest BCUT2D eigenvalue weighted by atomic mass is 32.1. The van der Waals surface area contributed by atoms with Gasteiger partial charge in [0.25, 0.3) is 5.56 Å². The van der Waals surface area contributed by atoms with Crippen LogP contribution in [-0.4, -0.2) is 15.9 Å². The van der Waals surface area contributed by atoms with Gasteiger partial charge in [-0.3, -0.25) is 9.59 Å². The third-order valence-corrected chi connectivity index (χ3v) is 4.69. The first-order valence-electron chi connectivity index (χ1n) is 7.41. The van der Waals surface area contributed by atoms with E-state index in [1.165, 1.54) is 5.56 Å². The number of para-hydroxylation sites is 1. The number of aromatic amines is 1. The maximum atomic E-state index is 12.0. The van der Waals surface area contributed by atoms with E-state index in [4.69, 9.17) is 0 Å². The Morgan fingerprint density at radius 1 is 1.30 bits per heavy atom. The Morgan fingerprint density at radius 3 is 2.91 bits per heavy atom. The molecule has 23 heavy (non-hydrogen) atoms. The molecule has 0 spiro atoms. The van der Waals surface area contributed by atoms with Crippen LogP contribution in [0, 0.1) is 6.92 Å². The molecule has 0 saturated heterocycles. The third-order valence-electron chi connectivity index (χ3n) is 3.67. The summed E-state index contributed by atoms with van der Waals surface area (Å²) in [6.45, 7) is 2.58. The zero-order valence-corrected chi connectivity index (χ0v) is 13.6. The molecule has 0 saturated carbocycles. The summed E-state index contributed by atoms with van der Waals surface area (Å²) in [5, 5.41) is 5.48. The fraction of sp³-hybridized carbons (Fsp3) is 0.235. The van der Waals surface area contributed by atoms with E-state index in [2.05, 4.69) is 15.3 Å². The first kappa shape index (κ1) is 15.4. The normalized spacial score (nSPS) is 10.8. The summed E-state index contributed by atoms with van der Waals surface area (Å²) in [7, 11) is 0. The summed E-state index contributed by atoms with van der Waals surface area (Å²) >= 11 is 1.63. The van der Waals surface area contributed by atoms with E-state index in [0.29, 0.717) is 36.1 Å². The Labute approximate surface area is 137 Å². The van der Waals surface area contributed by atoms with Crippen molar-refractivity contribution in [3.63, 3.8) is 0 Å². The zero-order chi connectivity index (χ0) is 16.2. The van der Waals surface area contributed by atoms with Crippen molar-refractivity contribution in [1.82, 2.24) is 15.3 Å². The van der Waals surface area contributed by atoms with Crippen LogP contribution >= 0.6 is 11.3 Å². The van der Waals surface area contributed by atoms with Crippen LogP contribution in [0.25, 0.3) is 10.9 Å². The van der Waals surface area contributed by atoms with E-state index >= 15 is 0 Å². The maximum absolute atomic E-state index is 12.0. The monoisotopic (exact) mass is 327 g/mol. The Hall–Kier alpha value is -2.47. The number of nitrogens with zero attached hydrogens (tertiary/aromatic N) is 1. The van der Waals surface area contributed by atoms with Crippen LogP contribution in [0.2, 0.25) is 0 Å². The SMILES string of the molecule is Cc1ccsc1CNC(=O)CCc1nc2ccccc2c(=O)[nH]1. The third kappa shape index (κ3) is 3.65. The van der Waals surface area contributed by atoms with Crippen LogP contribution in [0.5, 0.6) is 0 Å². The van der Waals surface area contributed by atoms with Crippen molar-refractivity contribution in [2.45, 2.75) is 26.3 Å². The number of aromatic nitrogens is 2. The number of thiophene rings is 1. The van der Waals surface area contributed by atoms with Crippen molar-refractivity contribution < 1.29 is 4.79 Å². The van der Waals surface area contributed by atoms with Crippen molar-refractivity contribution in [3.8, 4) is 0 Å². The van der Waals surface area contributed by atoms with E-state index in [1.807, 2.05) is 24.4 Å². The number of carbonyl (C=O) groups excluding carboxylic acids is 1. The standard InChI is InChI=1S/C17H17N3O2S/c1-11-8-9-23-14(11)10-18-16(21)7-6-15-19-13-5-3-2-4-12(13)17(22)20-15/h2-5,8-9H,6-7,10H2,1H3,(H,18,21)(H,19,20,22). The molecule has 6 heteroatoms. The summed E-state index contributed by atoms with van der Waals surface area (Å²) in [5.74, 6) is 0.491. The number of fused-ring (bicyclic) bond motifs is 1. The van der Waals surface area contributed by atoms with E-state index in [1.54, 1.807) is 29.5 Å². The highest BCUT2D eigenvalue weighted by Crippen LogP contribution is 2.14. The Kier molecular flexibility index (Phi) is 4.52. The molecule has 0 aliphatic carbocycles. The molecule has 2 N–H and O–H groups in total. The number of hydrogen-bond acceptors (Lipinski definition) is 4. The lowest BCUT2D eigenvalue weighted by molar-refractivity contribution is -0.121. The minimum Gasteiger partial charge on any atom is -0.351 e. The van der Waals surface area contributed by atoms with Gasteiger partial charge >= 0.3 is 0 Å². The van der Waals surface area contributed by atoms with Gasteiger partial charge in [0.1, 0.15) is 5.82 Å². The van der Waals surface area contributed by atoms with Crippen LogP contribution in [0.4, 0.5) is 0 Å². The van der Waals surface area contributed by atoms with Gasteiger partial charge < -0.3 is 10.3 Å². The van der Waals surface area contributed by atoms with Gasteiger partial charge in [-0.25, -0.2) is 4.98 Å². The molecule has 0 radical (unpaired) electrons. The smallest absolute Gasteiger partial charge is 0.258 e. The maximum Gasteiger partial charge on any atom is 0.258 e. The average Bonchev–Trinajstić information content (AvgIpc) is 2.96. The Balaban J connectivity index is 1.61. The number of aryl methyl sites for hydroxylation is 2. The number of nitrogens with one attached hydrogen (secondary N) is 2. The second kappa shape index (κ2) is 6.75. The minimum atomic E-state index is -0.166. The minimum absolute atomic E-state index is 0.0476. The number of amides is 1. The molecule has 0 atom stereocenters. The van der Waals surface area contributed by atoms with Crippen LogP contribution in [0.3, 0.4) is 0 Å². The largest absolute Gasteiger partial charge is 0.351 e. The molecule has 0 unspecified atom stereocenters. The van der Waals surface area contributed by atoms with Crippen LogP contribution in [0.15, 0.2) is 40.5 Å². The molecular weight excluding hydrogens is 310 g/mol. The highest BCUT2D eigenvalue weighted by molar-refractivity contribution is 7.10. The van der Waals surface area contributed by atoms with Crippen molar-refractivity contribution in [1.29, 1.82) is 0 Å². The summed E-state index contributed by atoms with van der Waals surface area (Å²) in [5.41, 5.74) is 1.68. The van der Waals surface area contributed by atoms with E-state index < -0.39 is 0 Å². The second-order valence-corrected chi connectivity index (χ2v) is 6.33. The summed E-state index contributed by atoms with van der Waals surface area (Å²) in [6, 6.07) is 9.22. The zero-order valence-electron chi connectivity index (χ0n) is 12.8. The van der Waals surface area contributed by atoms with Gasteiger partial charge in [-0.1, -0.05) is 12.1 Å². The number of rotatable bonds is 5. The van der Waals surface area contributed by atoms with Crippen molar-refractivity contribution in [3.05, 3.63) is 62.3 Å². The van der Waals surface area contributed by atoms with Crippen molar-refractivity contribution >= 4 is 28.1 Å². The average molecular weight is 327 g/mol. The van der Waals surface area contributed by atoms with Gasteiger partial charge in [-0.2, -0.15) is 0 Å². The molecule has 2 aromatic heterocycles. The molecule has 1 aromatic carbocycles. The molecule has 0 bridgehead atoms. The molecule has 3 aromatic rings. The molecule has 0 fully saturated rings. The quantitative estimate of drug-likeness (QED) is 0.756. The predicted octanol–water partition coefficient (Wildman–Crippen LogP) is 2.54. The summed E-state index contributed by atoms with van der Waals surface area (Å²) in [4.78, 5) is 32.2. The highest BCUT2D eigenvalue weighted by Gasteiger charge is 2.07. The van der Waals surface area contributed by atoms with E-state index in [-0.39, 0.29) is 11.5 Å². The van der Waals surface area contributed by atoms with E-state index in [0.717, 1.165) is 4.88 Å². The summed E-state index contributed by atoms with van der Waals surface area (Å²) in [6.07, 6.45) is 0.709. The predicted molar refractivity (Wildman–Crippen MR) is 91.6 cm³/mol. The number of hydrogen-bond donors (Lipinski definition) is 2. The molecular formula is C17H17N3O2S. The Bertz CT molecular complexity index is 898. The lowest BCUT2D eigenvalue weighted by atomic mass is 10.2. The lowest BCUT2D eigenvalue weighted by Crippen LogP contribution is -2.23. The van der Waals surface area contributed by atoms with Gasteiger partial charge in [0.05, 0.1) is 17.4 Å². The summed E-state index contributed by atoms with van der Waals surface area (Å²) < 4.78 is 0. The van der Waals surface area contributed by atoms with Gasteiger partial charge in [0, 0.05) is 17.7 Å². The molecule has 2 heterocycles. The van der Waals surface area contributed by atoms with Crippen LogP contribution in [0.1, 0.15) is 22.7 Å². The fourth-order valence-corrected chi connectivity index (χ4v) is 3.18. The lowest BCUT2D eigenvalue weighted by Gasteiger charge is -2.05. The van der Waals surface area contributed by atoms with Crippen molar-refractivity contribution in [2.24, 2.45) is 0 Å². The number of carbonyl (C=O) groups is 1. The first-order valence-corrected chi connectivity index (χ1v) is 8.29. The van der Waals surface area contributed by atoms with Gasteiger partial charge in [-0.15, -0.1) is 11.3 Å².